The van der Waals surface area contributed by atoms with Gasteiger partial charge in [-0.1, -0.05) is 0 Å². The number of methoxy groups -OCH3 is 1. The van der Waals surface area contributed by atoms with Crippen molar-refractivity contribution in [3.05, 3.63) is 54.3 Å². The number of nitrogens with one attached hydrogen (secondary N) is 1. The Morgan fingerprint density at radius 2 is 1.95 bits per heavy atom. The molecule has 0 fully saturated rings. The van der Waals surface area contributed by atoms with Gasteiger partial charge in [-0.3, -0.25) is 0 Å². The lowest BCUT2D eigenvalue weighted by Gasteiger charge is -2.08. The Bertz CT molecular complexity index is 805. The van der Waals surface area contributed by atoms with Gasteiger partial charge in [0.25, 0.3) is 0 Å². The molecule has 3 rings (SSSR count). The third-order valence-corrected chi connectivity index (χ3v) is 3.14. The fourth-order valence-electron chi connectivity index (χ4n) is 2.11. The van der Waals surface area contributed by atoms with Crippen molar-refractivity contribution in [3.8, 4) is 5.75 Å². The van der Waals surface area contributed by atoms with E-state index in [4.69, 9.17) is 10.5 Å². The summed E-state index contributed by atoms with van der Waals surface area (Å²) in [5.41, 5.74) is 7.86. The van der Waals surface area contributed by atoms with E-state index in [2.05, 4.69) is 10.3 Å². The largest absolute Gasteiger partial charge is 0.494 e. The first kappa shape index (κ1) is 13.2. The zero-order valence-corrected chi connectivity index (χ0v) is 11.4. The number of hydrogen-bond acceptors (Lipinski definition) is 4. The van der Waals surface area contributed by atoms with Crippen molar-refractivity contribution in [2.45, 2.75) is 0 Å². The SMILES string of the molecule is COc1ccc(Nc2ccc3cc(N)ccc3n2)cc1F. The Balaban J connectivity index is 1.91. The van der Waals surface area contributed by atoms with Gasteiger partial charge in [0.15, 0.2) is 11.6 Å². The average molecular weight is 283 g/mol. The summed E-state index contributed by atoms with van der Waals surface area (Å²) in [7, 11) is 1.43. The van der Waals surface area contributed by atoms with Crippen molar-refractivity contribution in [2.24, 2.45) is 0 Å². The third-order valence-electron chi connectivity index (χ3n) is 3.14. The summed E-state index contributed by atoms with van der Waals surface area (Å²) in [6.45, 7) is 0. The summed E-state index contributed by atoms with van der Waals surface area (Å²) < 4.78 is 18.5. The maximum atomic E-state index is 13.7. The molecule has 1 heterocycles. The maximum absolute atomic E-state index is 13.7. The van der Waals surface area contributed by atoms with Crippen molar-refractivity contribution in [1.82, 2.24) is 4.98 Å². The minimum Gasteiger partial charge on any atom is -0.494 e. The van der Waals surface area contributed by atoms with Crippen molar-refractivity contribution in [3.63, 3.8) is 0 Å². The smallest absolute Gasteiger partial charge is 0.167 e. The van der Waals surface area contributed by atoms with Crippen LogP contribution in [0.15, 0.2) is 48.5 Å². The highest BCUT2D eigenvalue weighted by molar-refractivity contribution is 5.83. The number of halogens is 1. The number of rotatable bonds is 3. The molecule has 0 saturated heterocycles. The molecule has 0 atom stereocenters. The molecule has 21 heavy (non-hydrogen) atoms. The zero-order chi connectivity index (χ0) is 14.8. The highest BCUT2D eigenvalue weighted by Crippen LogP contribution is 2.24. The van der Waals surface area contributed by atoms with Crippen molar-refractivity contribution in [1.29, 1.82) is 0 Å². The van der Waals surface area contributed by atoms with Gasteiger partial charge in [-0.15, -0.1) is 0 Å². The minimum absolute atomic E-state index is 0.211. The monoisotopic (exact) mass is 283 g/mol. The van der Waals surface area contributed by atoms with E-state index in [1.165, 1.54) is 13.2 Å². The topological polar surface area (TPSA) is 60.2 Å². The fraction of sp³-hybridized carbons (Fsp3) is 0.0625. The van der Waals surface area contributed by atoms with Crippen LogP contribution in [-0.2, 0) is 0 Å². The standard InChI is InChI=1S/C16H14FN3O/c1-21-15-6-4-12(9-13(15)17)19-16-7-2-10-8-11(18)3-5-14(10)20-16/h2-9H,18H2,1H3,(H,19,20). The number of aromatic nitrogens is 1. The molecule has 5 heteroatoms. The molecule has 0 saturated carbocycles. The molecular weight excluding hydrogens is 269 g/mol. The van der Waals surface area contributed by atoms with E-state index >= 15 is 0 Å². The lowest BCUT2D eigenvalue weighted by atomic mass is 10.2. The molecule has 3 N–H and O–H groups in total. The second-order valence-electron chi connectivity index (χ2n) is 4.62. The van der Waals surface area contributed by atoms with Crippen molar-refractivity contribution in [2.75, 3.05) is 18.2 Å². The van der Waals surface area contributed by atoms with Crippen LogP contribution < -0.4 is 15.8 Å². The van der Waals surface area contributed by atoms with Crippen LogP contribution in [0.2, 0.25) is 0 Å². The molecular formula is C16H14FN3O. The highest BCUT2D eigenvalue weighted by Gasteiger charge is 2.05. The number of hydrogen-bond donors (Lipinski definition) is 2. The summed E-state index contributed by atoms with van der Waals surface area (Å²) >= 11 is 0. The summed E-state index contributed by atoms with van der Waals surface area (Å²) in [5, 5.41) is 4.02. The van der Waals surface area contributed by atoms with Crippen molar-refractivity contribution >= 4 is 28.1 Å². The molecule has 106 valence electrons. The third kappa shape index (κ3) is 2.72. The maximum Gasteiger partial charge on any atom is 0.167 e. The van der Waals surface area contributed by atoms with Gasteiger partial charge in [0.1, 0.15) is 5.82 Å². The van der Waals surface area contributed by atoms with Gasteiger partial charge in [0.2, 0.25) is 0 Å². The Morgan fingerprint density at radius 3 is 2.71 bits per heavy atom. The predicted molar refractivity (Wildman–Crippen MR) is 82.4 cm³/mol. The van der Waals surface area contributed by atoms with Gasteiger partial charge in [0.05, 0.1) is 12.6 Å². The molecule has 0 unspecified atom stereocenters. The van der Waals surface area contributed by atoms with Crippen LogP contribution in [0.5, 0.6) is 5.75 Å². The number of anilines is 3. The van der Waals surface area contributed by atoms with Crippen LogP contribution in [-0.4, -0.2) is 12.1 Å². The second kappa shape index (κ2) is 5.28. The predicted octanol–water partition coefficient (Wildman–Crippen LogP) is 3.71. The zero-order valence-electron chi connectivity index (χ0n) is 11.4. The van der Waals surface area contributed by atoms with E-state index in [-0.39, 0.29) is 5.75 Å². The molecule has 0 amide bonds. The molecule has 3 aromatic rings. The van der Waals surface area contributed by atoms with E-state index in [1.807, 2.05) is 24.3 Å². The van der Waals surface area contributed by atoms with Crippen LogP contribution >= 0.6 is 0 Å². The van der Waals surface area contributed by atoms with Gasteiger partial charge in [-0.2, -0.15) is 0 Å². The minimum atomic E-state index is -0.420. The number of nitrogen functional groups attached to an aromatic ring is 1. The Labute approximate surface area is 121 Å². The van der Waals surface area contributed by atoms with Gasteiger partial charge < -0.3 is 15.8 Å². The number of benzene rings is 2. The van der Waals surface area contributed by atoms with Crippen LogP contribution in [0.4, 0.5) is 21.6 Å². The summed E-state index contributed by atoms with van der Waals surface area (Å²) in [4.78, 5) is 4.46. The lowest BCUT2D eigenvalue weighted by molar-refractivity contribution is 0.386. The highest BCUT2D eigenvalue weighted by atomic mass is 19.1. The molecule has 0 bridgehead atoms. The first-order valence-electron chi connectivity index (χ1n) is 6.42. The first-order chi connectivity index (χ1) is 10.2. The molecule has 0 aliphatic carbocycles. The molecule has 0 spiro atoms. The van der Waals surface area contributed by atoms with E-state index in [0.29, 0.717) is 17.2 Å². The summed E-state index contributed by atoms with van der Waals surface area (Å²) in [6, 6.07) is 13.9. The van der Waals surface area contributed by atoms with E-state index in [1.54, 1.807) is 18.2 Å². The summed E-state index contributed by atoms with van der Waals surface area (Å²) in [6.07, 6.45) is 0. The van der Waals surface area contributed by atoms with Crippen LogP contribution in [0.3, 0.4) is 0 Å². The van der Waals surface area contributed by atoms with Gasteiger partial charge in [0, 0.05) is 22.8 Å². The Hall–Kier alpha value is -2.82. The lowest BCUT2D eigenvalue weighted by Crippen LogP contribution is -1.96. The Kier molecular flexibility index (Phi) is 3.31. The average Bonchev–Trinajstić information content (AvgIpc) is 2.48. The van der Waals surface area contributed by atoms with E-state index in [0.717, 1.165) is 10.9 Å². The van der Waals surface area contributed by atoms with Crippen LogP contribution in [0, 0.1) is 5.82 Å². The molecule has 4 nitrogen and oxygen atoms in total. The Morgan fingerprint density at radius 1 is 1.10 bits per heavy atom. The molecule has 0 aliphatic rings. The number of nitrogens with two attached hydrogens (primary N) is 1. The second-order valence-corrected chi connectivity index (χ2v) is 4.62. The van der Waals surface area contributed by atoms with Crippen molar-refractivity contribution < 1.29 is 9.13 Å². The number of ether oxygens (including phenoxy) is 1. The van der Waals surface area contributed by atoms with Crippen LogP contribution in [0.25, 0.3) is 10.9 Å². The first-order valence-corrected chi connectivity index (χ1v) is 6.42. The van der Waals surface area contributed by atoms with Gasteiger partial charge in [-0.05, 0) is 42.5 Å². The number of nitrogens with zero attached hydrogens (tertiary/aromatic N) is 1. The molecule has 2 aromatic carbocycles. The number of pyridine rings is 1. The number of fused-ring (bicyclic) bond motifs is 1. The van der Waals surface area contributed by atoms with Crippen LogP contribution in [0.1, 0.15) is 0 Å². The van der Waals surface area contributed by atoms with Gasteiger partial charge >= 0.3 is 0 Å². The molecule has 0 aliphatic heterocycles. The van der Waals surface area contributed by atoms with E-state index in [9.17, 15) is 4.39 Å². The molecule has 0 radical (unpaired) electrons. The quantitative estimate of drug-likeness (QED) is 0.719. The molecule has 1 aromatic heterocycles. The summed E-state index contributed by atoms with van der Waals surface area (Å²) in [5.74, 6) is 0.426. The van der Waals surface area contributed by atoms with E-state index < -0.39 is 5.82 Å². The van der Waals surface area contributed by atoms with Gasteiger partial charge in [-0.25, -0.2) is 9.37 Å². The fourth-order valence-corrected chi connectivity index (χ4v) is 2.11. The normalized spacial score (nSPS) is 10.6.